The zero-order chi connectivity index (χ0) is 22.0. The zero-order valence-corrected chi connectivity index (χ0v) is 18.4. The van der Waals surface area contributed by atoms with Gasteiger partial charge in [-0.05, 0) is 41.8 Å². The Hall–Kier alpha value is -2.67. The van der Waals surface area contributed by atoms with Crippen LogP contribution in [-0.4, -0.2) is 49.1 Å². The Labute approximate surface area is 186 Å². The number of methoxy groups -OCH3 is 1. The molecule has 1 saturated heterocycles. The lowest BCUT2D eigenvalue weighted by molar-refractivity contribution is -0.148. The molecule has 2 aromatic carbocycles. The number of fused-ring (bicyclic) bond motifs is 1. The lowest BCUT2D eigenvalue weighted by Gasteiger charge is -2.38. The second-order valence-electron chi connectivity index (χ2n) is 7.88. The fourth-order valence-corrected chi connectivity index (χ4v) is 4.27. The predicted octanol–water partition coefficient (Wildman–Crippen LogP) is 3.79. The monoisotopic (exact) mass is 440 g/mol. The van der Waals surface area contributed by atoms with E-state index < -0.39 is 6.04 Å². The molecule has 0 radical (unpaired) electrons. The van der Waals surface area contributed by atoms with Crippen molar-refractivity contribution in [3.8, 4) is 0 Å². The van der Waals surface area contributed by atoms with Crippen LogP contribution in [0.25, 0.3) is 11.0 Å². The number of hydrogen-bond acceptors (Lipinski definition) is 6. The average molecular weight is 441 g/mol. The van der Waals surface area contributed by atoms with Gasteiger partial charge < -0.3 is 9.15 Å². The van der Waals surface area contributed by atoms with E-state index >= 15 is 0 Å². The largest absolute Gasteiger partial charge is 0.468 e. The molecule has 1 aromatic heterocycles. The number of rotatable bonds is 5. The molecule has 1 fully saturated rings. The van der Waals surface area contributed by atoms with Crippen molar-refractivity contribution in [2.75, 3.05) is 33.3 Å². The van der Waals surface area contributed by atoms with Crippen LogP contribution in [0.5, 0.6) is 0 Å². The number of aryl methyl sites for hydroxylation is 1. The van der Waals surface area contributed by atoms with Crippen molar-refractivity contribution in [2.24, 2.45) is 0 Å². The highest BCUT2D eigenvalue weighted by Crippen LogP contribution is 2.26. The van der Waals surface area contributed by atoms with Crippen LogP contribution in [0, 0.1) is 6.92 Å². The molecule has 3 aromatic rings. The van der Waals surface area contributed by atoms with Gasteiger partial charge in [0.2, 0.25) is 0 Å². The molecule has 1 aliphatic heterocycles. The summed E-state index contributed by atoms with van der Waals surface area (Å²) in [5.41, 5.74) is 3.17. The number of nitrogens with zero attached hydrogens (tertiary/aromatic N) is 2. The first-order chi connectivity index (χ1) is 14.9. The molecule has 0 bridgehead atoms. The zero-order valence-electron chi connectivity index (χ0n) is 17.6. The van der Waals surface area contributed by atoms with Crippen LogP contribution in [0.4, 0.5) is 0 Å². The van der Waals surface area contributed by atoms with Gasteiger partial charge in [0.25, 0.3) is 0 Å². The summed E-state index contributed by atoms with van der Waals surface area (Å²) in [6, 6.07) is 14.4. The molecule has 6 nitrogen and oxygen atoms in total. The van der Waals surface area contributed by atoms with Crippen molar-refractivity contribution in [3.05, 3.63) is 80.7 Å². The first-order valence-corrected chi connectivity index (χ1v) is 10.7. The minimum atomic E-state index is -0.461. The molecule has 1 atom stereocenters. The molecular weight excluding hydrogens is 416 g/mol. The summed E-state index contributed by atoms with van der Waals surface area (Å²) < 4.78 is 10.4. The lowest BCUT2D eigenvalue weighted by Crippen LogP contribution is -2.49. The predicted molar refractivity (Wildman–Crippen MR) is 120 cm³/mol. The smallest absolute Gasteiger partial charge is 0.336 e. The molecule has 1 aliphatic rings. The maximum atomic E-state index is 12.5. The number of esters is 1. The van der Waals surface area contributed by atoms with Gasteiger partial charge in [-0.2, -0.15) is 0 Å². The fourth-order valence-electron chi connectivity index (χ4n) is 4.14. The van der Waals surface area contributed by atoms with Gasteiger partial charge in [0.15, 0.2) is 0 Å². The SMILES string of the molecule is COC(=O)C(c1ccc(Cl)cc1)N1CCN(Cc2cc(=O)oc3cc(C)ccc23)CC1. The van der Waals surface area contributed by atoms with E-state index in [1.54, 1.807) is 18.2 Å². The summed E-state index contributed by atoms with van der Waals surface area (Å²) in [6.07, 6.45) is 0. The van der Waals surface area contributed by atoms with Gasteiger partial charge in [-0.1, -0.05) is 35.9 Å². The van der Waals surface area contributed by atoms with Crippen molar-refractivity contribution < 1.29 is 13.9 Å². The quantitative estimate of drug-likeness (QED) is 0.444. The van der Waals surface area contributed by atoms with Crippen LogP contribution in [-0.2, 0) is 16.1 Å². The van der Waals surface area contributed by atoms with Gasteiger partial charge in [-0.3, -0.25) is 9.80 Å². The molecule has 0 spiro atoms. The molecule has 0 amide bonds. The van der Waals surface area contributed by atoms with E-state index in [0.717, 1.165) is 35.2 Å². The number of halogens is 1. The molecule has 31 heavy (non-hydrogen) atoms. The van der Waals surface area contributed by atoms with Crippen molar-refractivity contribution >= 4 is 28.5 Å². The Bertz CT molecular complexity index is 1130. The number of carbonyl (C=O) groups excluding carboxylic acids is 1. The highest BCUT2D eigenvalue weighted by atomic mass is 35.5. The second kappa shape index (κ2) is 9.22. The minimum absolute atomic E-state index is 0.280. The maximum Gasteiger partial charge on any atom is 0.336 e. The van der Waals surface area contributed by atoms with Crippen molar-refractivity contribution in [2.45, 2.75) is 19.5 Å². The van der Waals surface area contributed by atoms with Crippen LogP contribution < -0.4 is 5.63 Å². The number of benzene rings is 2. The van der Waals surface area contributed by atoms with Gasteiger partial charge >= 0.3 is 11.6 Å². The minimum Gasteiger partial charge on any atom is -0.468 e. The molecule has 0 aliphatic carbocycles. The Morgan fingerprint density at radius 3 is 2.48 bits per heavy atom. The Morgan fingerprint density at radius 1 is 1.10 bits per heavy atom. The third-order valence-corrected chi connectivity index (χ3v) is 6.01. The van der Waals surface area contributed by atoms with E-state index in [-0.39, 0.29) is 11.6 Å². The first kappa shape index (κ1) is 21.6. The third-order valence-electron chi connectivity index (χ3n) is 5.76. The van der Waals surface area contributed by atoms with E-state index in [0.29, 0.717) is 30.2 Å². The number of piperazine rings is 1. The van der Waals surface area contributed by atoms with Crippen LogP contribution in [0.2, 0.25) is 5.02 Å². The molecule has 162 valence electrons. The molecule has 0 N–H and O–H groups in total. The Kier molecular flexibility index (Phi) is 6.41. The number of ether oxygens (including phenoxy) is 1. The van der Waals surface area contributed by atoms with Crippen molar-refractivity contribution in [1.82, 2.24) is 9.80 Å². The Morgan fingerprint density at radius 2 is 1.81 bits per heavy atom. The molecular formula is C24H25ClN2O4. The Balaban J connectivity index is 1.49. The maximum absolute atomic E-state index is 12.5. The van der Waals surface area contributed by atoms with E-state index in [1.807, 2.05) is 37.3 Å². The summed E-state index contributed by atoms with van der Waals surface area (Å²) in [6.45, 7) is 5.59. The summed E-state index contributed by atoms with van der Waals surface area (Å²) in [7, 11) is 1.41. The molecule has 2 heterocycles. The van der Waals surface area contributed by atoms with Crippen LogP contribution in [0.15, 0.2) is 57.7 Å². The highest BCUT2D eigenvalue weighted by molar-refractivity contribution is 6.30. The van der Waals surface area contributed by atoms with Gasteiger partial charge in [-0.15, -0.1) is 0 Å². The topological polar surface area (TPSA) is 63.0 Å². The average Bonchev–Trinajstić information content (AvgIpc) is 2.75. The van der Waals surface area contributed by atoms with Crippen molar-refractivity contribution in [1.29, 1.82) is 0 Å². The summed E-state index contributed by atoms with van der Waals surface area (Å²) >= 11 is 6.01. The second-order valence-corrected chi connectivity index (χ2v) is 8.32. The third kappa shape index (κ3) is 4.82. The summed E-state index contributed by atoms with van der Waals surface area (Å²) in [5.74, 6) is -0.280. The fraction of sp³-hybridized carbons (Fsp3) is 0.333. The van der Waals surface area contributed by atoms with E-state index in [2.05, 4.69) is 9.80 Å². The first-order valence-electron chi connectivity index (χ1n) is 10.3. The van der Waals surface area contributed by atoms with Crippen LogP contribution in [0.1, 0.15) is 22.7 Å². The van der Waals surface area contributed by atoms with Gasteiger partial charge in [-0.25, -0.2) is 9.59 Å². The van der Waals surface area contributed by atoms with Gasteiger partial charge in [0.05, 0.1) is 7.11 Å². The van der Waals surface area contributed by atoms with E-state index in [1.165, 1.54) is 7.11 Å². The van der Waals surface area contributed by atoms with Gasteiger partial charge in [0.1, 0.15) is 11.6 Å². The molecule has 1 unspecified atom stereocenters. The highest BCUT2D eigenvalue weighted by Gasteiger charge is 2.31. The molecule has 0 saturated carbocycles. The molecule has 4 rings (SSSR count). The summed E-state index contributed by atoms with van der Waals surface area (Å²) in [5, 5.41) is 1.59. The summed E-state index contributed by atoms with van der Waals surface area (Å²) in [4.78, 5) is 29.0. The van der Waals surface area contributed by atoms with Crippen LogP contribution in [0.3, 0.4) is 0 Å². The number of hydrogen-bond donors (Lipinski definition) is 0. The van der Waals surface area contributed by atoms with E-state index in [4.69, 9.17) is 20.8 Å². The normalized spacial score (nSPS) is 16.4. The van der Waals surface area contributed by atoms with Crippen LogP contribution >= 0.6 is 11.6 Å². The lowest BCUT2D eigenvalue weighted by atomic mass is 10.0. The molecule has 7 heteroatoms. The number of carbonyl (C=O) groups is 1. The standard InChI is InChI=1S/C24H25ClN2O4/c1-16-3-8-20-18(14-22(28)31-21(20)13-16)15-26-9-11-27(12-10-26)23(24(29)30-2)17-4-6-19(25)7-5-17/h3-8,13-14,23H,9-12,15H2,1-2H3. The van der Waals surface area contributed by atoms with Gasteiger partial charge in [0, 0.05) is 49.2 Å². The van der Waals surface area contributed by atoms with Crippen molar-refractivity contribution in [3.63, 3.8) is 0 Å². The van der Waals surface area contributed by atoms with E-state index in [9.17, 15) is 9.59 Å².